The highest BCUT2D eigenvalue weighted by molar-refractivity contribution is 5.90. The number of aromatic nitrogens is 5. The third-order valence-corrected chi connectivity index (χ3v) is 4.60. The fraction of sp³-hybridized carbons (Fsp3) is 0.0476. The molecule has 0 radical (unpaired) electrons. The number of hydrogen-bond donors (Lipinski definition) is 1. The number of pyridine rings is 1. The molecule has 0 aliphatic carbocycles. The summed E-state index contributed by atoms with van der Waals surface area (Å²) < 4.78 is 6.93. The molecule has 0 fully saturated rings. The minimum atomic E-state index is -0.263. The quantitative estimate of drug-likeness (QED) is 0.527. The SMILES string of the molecule is COc1ccc2nc(-c3cccnc3)nc(-n3c(=O)[nH]c4ccccc43)c2c1. The van der Waals surface area contributed by atoms with E-state index in [0.717, 1.165) is 22.0 Å². The van der Waals surface area contributed by atoms with Crippen LogP contribution in [0.3, 0.4) is 0 Å². The highest BCUT2D eigenvalue weighted by atomic mass is 16.5. The van der Waals surface area contributed by atoms with E-state index in [9.17, 15) is 4.79 Å². The van der Waals surface area contributed by atoms with Crippen LogP contribution in [0.2, 0.25) is 0 Å². The first kappa shape index (κ1) is 16.2. The molecule has 7 heteroatoms. The molecule has 3 aromatic heterocycles. The minimum Gasteiger partial charge on any atom is -0.497 e. The highest BCUT2D eigenvalue weighted by Crippen LogP contribution is 2.28. The summed E-state index contributed by atoms with van der Waals surface area (Å²) in [4.78, 5) is 29.2. The summed E-state index contributed by atoms with van der Waals surface area (Å²) in [7, 11) is 1.60. The molecular formula is C21H15N5O2. The van der Waals surface area contributed by atoms with Crippen LogP contribution >= 0.6 is 0 Å². The summed E-state index contributed by atoms with van der Waals surface area (Å²) in [5, 5.41) is 0.721. The second-order valence-electron chi connectivity index (χ2n) is 6.28. The van der Waals surface area contributed by atoms with E-state index < -0.39 is 0 Å². The second-order valence-corrected chi connectivity index (χ2v) is 6.28. The molecule has 3 heterocycles. The van der Waals surface area contributed by atoms with Crippen molar-refractivity contribution >= 4 is 21.9 Å². The van der Waals surface area contributed by atoms with Crippen LogP contribution in [-0.4, -0.2) is 31.6 Å². The van der Waals surface area contributed by atoms with E-state index in [0.29, 0.717) is 22.9 Å². The second kappa shape index (κ2) is 6.31. The van der Waals surface area contributed by atoms with Crippen LogP contribution in [0.5, 0.6) is 5.75 Å². The third kappa shape index (κ3) is 2.52. The average molecular weight is 369 g/mol. The van der Waals surface area contributed by atoms with Gasteiger partial charge in [-0.3, -0.25) is 4.98 Å². The number of imidazole rings is 1. The number of methoxy groups -OCH3 is 1. The van der Waals surface area contributed by atoms with Crippen molar-refractivity contribution in [2.45, 2.75) is 0 Å². The van der Waals surface area contributed by atoms with Crippen LogP contribution in [0, 0.1) is 0 Å². The molecule has 0 atom stereocenters. The van der Waals surface area contributed by atoms with Crippen molar-refractivity contribution in [2.75, 3.05) is 7.11 Å². The molecule has 0 spiro atoms. The lowest BCUT2D eigenvalue weighted by atomic mass is 10.2. The van der Waals surface area contributed by atoms with Gasteiger partial charge in [-0.05, 0) is 42.5 Å². The molecular weight excluding hydrogens is 354 g/mol. The molecule has 0 aliphatic heterocycles. The standard InChI is InChI=1S/C21H15N5O2/c1-28-14-8-9-16-15(11-14)20(25-19(23-16)13-5-4-10-22-12-13)26-18-7-3-2-6-17(18)24-21(26)27/h2-12H,1H3,(H,24,27). The fourth-order valence-electron chi connectivity index (χ4n) is 3.28. The van der Waals surface area contributed by atoms with Gasteiger partial charge in [0.2, 0.25) is 0 Å². The van der Waals surface area contributed by atoms with Gasteiger partial charge in [0.05, 0.1) is 23.7 Å². The molecule has 0 saturated heterocycles. The topological polar surface area (TPSA) is 85.7 Å². The number of fused-ring (bicyclic) bond motifs is 2. The van der Waals surface area contributed by atoms with Crippen molar-refractivity contribution in [1.82, 2.24) is 24.5 Å². The van der Waals surface area contributed by atoms with Crippen molar-refractivity contribution in [3.8, 4) is 23.0 Å². The molecule has 5 aromatic rings. The third-order valence-electron chi connectivity index (χ3n) is 4.60. The van der Waals surface area contributed by atoms with Gasteiger partial charge in [-0.25, -0.2) is 19.3 Å². The largest absolute Gasteiger partial charge is 0.497 e. The van der Waals surface area contributed by atoms with Gasteiger partial charge < -0.3 is 9.72 Å². The molecule has 0 aliphatic rings. The summed E-state index contributed by atoms with van der Waals surface area (Å²) >= 11 is 0. The number of hydrogen-bond acceptors (Lipinski definition) is 5. The number of ether oxygens (including phenoxy) is 1. The molecule has 0 saturated carbocycles. The van der Waals surface area contributed by atoms with Gasteiger partial charge in [0.15, 0.2) is 11.6 Å². The molecule has 136 valence electrons. The molecule has 0 amide bonds. The lowest BCUT2D eigenvalue weighted by Gasteiger charge is -2.11. The minimum absolute atomic E-state index is 0.263. The number of benzene rings is 2. The lowest BCUT2D eigenvalue weighted by molar-refractivity contribution is 0.415. The molecule has 0 bridgehead atoms. The number of rotatable bonds is 3. The van der Waals surface area contributed by atoms with Crippen molar-refractivity contribution in [3.05, 3.63) is 77.5 Å². The van der Waals surface area contributed by atoms with Crippen LogP contribution in [0.4, 0.5) is 0 Å². The zero-order valence-electron chi connectivity index (χ0n) is 15.0. The van der Waals surface area contributed by atoms with E-state index in [1.165, 1.54) is 0 Å². The first-order chi connectivity index (χ1) is 13.7. The van der Waals surface area contributed by atoms with E-state index in [2.05, 4.69) is 15.0 Å². The maximum atomic E-state index is 12.8. The summed E-state index contributed by atoms with van der Waals surface area (Å²) in [5.74, 6) is 1.66. The fourth-order valence-corrected chi connectivity index (χ4v) is 3.28. The number of para-hydroxylation sites is 2. The van der Waals surface area contributed by atoms with Gasteiger partial charge >= 0.3 is 5.69 Å². The first-order valence-electron chi connectivity index (χ1n) is 8.71. The van der Waals surface area contributed by atoms with E-state index in [-0.39, 0.29) is 5.69 Å². The number of H-pyrrole nitrogens is 1. The Bertz CT molecular complexity index is 1370. The lowest BCUT2D eigenvalue weighted by Crippen LogP contribution is -2.17. The van der Waals surface area contributed by atoms with Crippen molar-refractivity contribution < 1.29 is 4.74 Å². The Morgan fingerprint density at radius 3 is 2.75 bits per heavy atom. The van der Waals surface area contributed by atoms with Crippen LogP contribution in [0.1, 0.15) is 0 Å². The summed E-state index contributed by atoms with van der Waals surface area (Å²) in [5.41, 5.74) is 2.70. The van der Waals surface area contributed by atoms with Gasteiger partial charge in [0, 0.05) is 23.3 Å². The molecule has 5 rings (SSSR count). The number of nitrogens with one attached hydrogen (secondary N) is 1. The van der Waals surface area contributed by atoms with E-state index in [4.69, 9.17) is 9.72 Å². The molecule has 28 heavy (non-hydrogen) atoms. The van der Waals surface area contributed by atoms with E-state index in [1.807, 2.05) is 54.6 Å². The van der Waals surface area contributed by atoms with Crippen LogP contribution in [0.15, 0.2) is 71.8 Å². The Kier molecular flexibility index (Phi) is 3.65. The summed E-state index contributed by atoms with van der Waals surface area (Å²) in [6, 6.07) is 16.8. The molecule has 7 nitrogen and oxygen atoms in total. The van der Waals surface area contributed by atoms with Gasteiger partial charge in [-0.2, -0.15) is 0 Å². The monoisotopic (exact) mass is 369 g/mol. The average Bonchev–Trinajstić information content (AvgIpc) is 3.08. The normalized spacial score (nSPS) is 11.2. The highest BCUT2D eigenvalue weighted by Gasteiger charge is 2.16. The van der Waals surface area contributed by atoms with Gasteiger partial charge in [0.1, 0.15) is 5.75 Å². The molecule has 2 aromatic carbocycles. The van der Waals surface area contributed by atoms with Crippen molar-refractivity contribution in [2.24, 2.45) is 0 Å². The molecule has 0 unspecified atom stereocenters. The maximum absolute atomic E-state index is 12.8. The van der Waals surface area contributed by atoms with Crippen molar-refractivity contribution in [1.29, 1.82) is 0 Å². The Hall–Kier alpha value is -4.00. The first-order valence-corrected chi connectivity index (χ1v) is 8.71. The van der Waals surface area contributed by atoms with Crippen LogP contribution < -0.4 is 10.4 Å². The van der Waals surface area contributed by atoms with Gasteiger partial charge in [0.25, 0.3) is 0 Å². The van der Waals surface area contributed by atoms with E-state index in [1.54, 1.807) is 24.1 Å². The van der Waals surface area contributed by atoms with Gasteiger partial charge in [-0.15, -0.1) is 0 Å². The van der Waals surface area contributed by atoms with Crippen LogP contribution in [-0.2, 0) is 0 Å². The number of nitrogens with zero attached hydrogens (tertiary/aromatic N) is 4. The Morgan fingerprint density at radius 1 is 1.04 bits per heavy atom. The summed E-state index contributed by atoms with van der Waals surface area (Å²) in [6.07, 6.45) is 3.40. The predicted molar refractivity (Wildman–Crippen MR) is 107 cm³/mol. The van der Waals surface area contributed by atoms with Gasteiger partial charge in [-0.1, -0.05) is 12.1 Å². The zero-order chi connectivity index (χ0) is 19.1. The van der Waals surface area contributed by atoms with Crippen molar-refractivity contribution in [3.63, 3.8) is 0 Å². The van der Waals surface area contributed by atoms with Crippen LogP contribution in [0.25, 0.3) is 39.1 Å². The smallest absolute Gasteiger partial charge is 0.332 e. The molecule has 1 N–H and O–H groups in total. The number of aromatic amines is 1. The Labute approximate surface area is 159 Å². The Balaban J connectivity index is 1.90. The maximum Gasteiger partial charge on any atom is 0.332 e. The zero-order valence-corrected chi connectivity index (χ0v) is 15.0. The Morgan fingerprint density at radius 2 is 1.93 bits per heavy atom. The summed E-state index contributed by atoms with van der Waals surface area (Å²) in [6.45, 7) is 0. The predicted octanol–water partition coefficient (Wildman–Crippen LogP) is 3.33. The van der Waals surface area contributed by atoms with E-state index >= 15 is 0 Å².